The summed E-state index contributed by atoms with van der Waals surface area (Å²) in [6.07, 6.45) is 1.83. The molecule has 96 valence electrons. The molecule has 17 heavy (non-hydrogen) atoms. The van der Waals surface area contributed by atoms with Crippen molar-refractivity contribution in [3.63, 3.8) is 0 Å². The zero-order valence-corrected chi connectivity index (χ0v) is 11.1. The minimum Gasteiger partial charge on any atom is -0.377 e. The van der Waals surface area contributed by atoms with E-state index in [1.54, 1.807) is 6.33 Å². The van der Waals surface area contributed by atoms with E-state index >= 15 is 0 Å². The van der Waals surface area contributed by atoms with Gasteiger partial charge in [-0.3, -0.25) is 0 Å². The van der Waals surface area contributed by atoms with Gasteiger partial charge in [0.25, 0.3) is 0 Å². The highest BCUT2D eigenvalue weighted by atomic mass is 16.5. The normalized spacial score (nSPS) is 10.6. The summed E-state index contributed by atoms with van der Waals surface area (Å²) in [4.78, 5) is 8.41. The van der Waals surface area contributed by atoms with E-state index in [1.165, 1.54) is 0 Å². The molecule has 0 bridgehead atoms. The van der Waals surface area contributed by atoms with Crippen LogP contribution in [0.3, 0.4) is 0 Å². The molecule has 0 aliphatic heterocycles. The summed E-state index contributed by atoms with van der Waals surface area (Å²) < 4.78 is 5.46. The summed E-state index contributed by atoms with van der Waals surface area (Å²) in [5.41, 5.74) is 1.04. The summed E-state index contributed by atoms with van der Waals surface area (Å²) in [5, 5.41) is 6.45. The Labute approximate surface area is 103 Å². The first-order valence-corrected chi connectivity index (χ1v) is 6.06. The first-order valence-electron chi connectivity index (χ1n) is 6.06. The molecule has 0 fully saturated rings. The van der Waals surface area contributed by atoms with E-state index in [4.69, 9.17) is 4.74 Å². The maximum atomic E-state index is 5.46. The average molecular weight is 238 g/mol. The van der Waals surface area contributed by atoms with Gasteiger partial charge in [0.1, 0.15) is 18.0 Å². The molecule has 0 aromatic carbocycles. The van der Waals surface area contributed by atoms with E-state index in [2.05, 4.69) is 20.6 Å². The molecule has 0 saturated carbocycles. The first-order chi connectivity index (χ1) is 8.15. The molecule has 1 rings (SSSR count). The van der Waals surface area contributed by atoms with Crippen LogP contribution in [0.25, 0.3) is 0 Å². The number of nitrogens with zero attached hydrogens (tertiary/aromatic N) is 2. The topological polar surface area (TPSA) is 59.1 Å². The zero-order valence-electron chi connectivity index (χ0n) is 11.1. The van der Waals surface area contributed by atoms with Gasteiger partial charge in [0.05, 0.1) is 12.7 Å². The van der Waals surface area contributed by atoms with Gasteiger partial charge in [0.2, 0.25) is 0 Å². The van der Waals surface area contributed by atoms with Crippen molar-refractivity contribution in [2.45, 2.75) is 33.8 Å². The van der Waals surface area contributed by atoms with Crippen LogP contribution in [0.4, 0.5) is 11.6 Å². The smallest absolute Gasteiger partial charge is 0.134 e. The van der Waals surface area contributed by atoms with Crippen LogP contribution >= 0.6 is 0 Å². The lowest BCUT2D eigenvalue weighted by Gasteiger charge is -2.12. The van der Waals surface area contributed by atoms with Crippen LogP contribution in [0.5, 0.6) is 0 Å². The van der Waals surface area contributed by atoms with Crippen molar-refractivity contribution in [3.8, 4) is 0 Å². The molecule has 0 atom stereocenters. The highest BCUT2D eigenvalue weighted by Crippen LogP contribution is 2.17. The minimum absolute atomic E-state index is 0.264. The predicted octanol–water partition coefficient (Wildman–Crippen LogP) is 2.05. The molecule has 1 aromatic heterocycles. The summed E-state index contributed by atoms with van der Waals surface area (Å²) in [7, 11) is 0. The summed E-state index contributed by atoms with van der Waals surface area (Å²) in [5.74, 6) is 1.75. The Kier molecular flexibility index (Phi) is 5.69. The van der Waals surface area contributed by atoms with Gasteiger partial charge in [0, 0.05) is 18.7 Å². The van der Waals surface area contributed by atoms with Gasteiger partial charge in [-0.15, -0.1) is 0 Å². The molecule has 2 N–H and O–H groups in total. The third-order valence-electron chi connectivity index (χ3n) is 2.27. The minimum atomic E-state index is 0.264. The Balaban J connectivity index is 2.50. The van der Waals surface area contributed by atoms with E-state index in [-0.39, 0.29) is 6.10 Å². The summed E-state index contributed by atoms with van der Waals surface area (Å²) in [6.45, 7) is 10.4. The van der Waals surface area contributed by atoms with Gasteiger partial charge in [0.15, 0.2) is 0 Å². The Morgan fingerprint density at radius 2 is 1.88 bits per heavy atom. The molecule has 0 unspecified atom stereocenters. The summed E-state index contributed by atoms with van der Waals surface area (Å²) >= 11 is 0. The quantitative estimate of drug-likeness (QED) is 0.712. The highest BCUT2D eigenvalue weighted by molar-refractivity contribution is 5.56. The monoisotopic (exact) mass is 238 g/mol. The van der Waals surface area contributed by atoms with Crippen LogP contribution in [0.2, 0.25) is 0 Å². The second-order valence-corrected chi connectivity index (χ2v) is 4.07. The van der Waals surface area contributed by atoms with E-state index in [0.29, 0.717) is 6.61 Å². The van der Waals surface area contributed by atoms with Gasteiger partial charge in [-0.05, 0) is 27.7 Å². The first kappa shape index (κ1) is 13.7. The SMILES string of the molecule is CCNc1ncnc(NCCOC(C)C)c1C. The third kappa shape index (κ3) is 4.56. The van der Waals surface area contributed by atoms with Gasteiger partial charge in [-0.2, -0.15) is 0 Å². The lowest BCUT2D eigenvalue weighted by atomic mass is 10.3. The van der Waals surface area contributed by atoms with Crippen LogP contribution < -0.4 is 10.6 Å². The molecule has 0 spiro atoms. The van der Waals surface area contributed by atoms with Gasteiger partial charge in [-0.25, -0.2) is 9.97 Å². The maximum absolute atomic E-state index is 5.46. The molecule has 0 saturated heterocycles. The molecule has 1 heterocycles. The number of hydrogen-bond donors (Lipinski definition) is 2. The number of aromatic nitrogens is 2. The van der Waals surface area contributed by atoms with Crippen LogP contribution in [0.15, 0.2) is 6.33 Å². The van der Waals surface area contributed by atoms with E-state index < -0.39 is 0 Å². The van der Waals surface area contributed by atoms with Crippen molar-refractivity contribution < 1.29 is 4.74 Å². The highest BCUT2D eigenvalue weighted by Gasteiger charge is 2.05. The molecule has 5 nitrogen and oxygen atoms in total. The Bertz CT molecular complexity index is 341. The summed E-state index contributed by atoms with van der Waals surface area (Å²) in [6, 6.07) is 0. The third-order valence-corrected chi connectivity index (χ3v) is 2.27. The van der Waals surface area contributed by atoms with E-state index in [1.807, 2.05) is 27.7 Å². The molecule has 0 radical (unpaired) electrons. The standard InChI is InChI=1S/C12H22N4O/c1-5-13-11-10(4)12(16-8-15-11)14-6-7-17-9(2)3/h8-9H,5-7H2,1-4H3,(H2,13,14,15,16). The predicted molar refractivity (Wildman–Crippen MR) is 70.5 cm³/mol. The lowest BCUT2D eigenvalue weighted by molar-refractivity contribution is 0.0870. The van der Waals surface area contributed by atoms with Crippen molar-refractivity contribution in [2.24, 2.45) is 0 Å². The molecule has 0 aliphatic rings. The molecular formula is C12H22N4O. The fourth-order valence-corrected chi connectivity index (χ4v) is 1.44. The van der Waals surface area contributed by atoms with Crippen molar-refractivity contribution in [3.05, 3.63) is 11.9 Å². The maximum Gasteiger partial charge on any atom is 0.134 e. The van der Waals surface area contributed by atoms with Crippen molar-refractivity contribution in [1.82, 2.24) is 9.97 Å². The number of rotatable bonds is 7. The van der Waals surface area contributed by atoms with Crippen molar-refractivity contribution in [2.75, 3.05) is 30.3 Å². The molecule has 0 aliphatic carbocycles. The Morgan fingerprint density at radius 1 is 1.24 bits per heavy atom. The Hall–Kier alpha value is -1.36. The molecule has 5 heteroatoms. The van der Waals surface area contributed by atoms with E-state index in [0.717, 1.165) is 30.3 Å². The van der Waals surface area contributed by atoms with Crippen molar-refractivity contribution >= 4 is 11.6 Å². The second-order valence-electron chi connectivity index (χ2n) is 4.07. The lowest BCUT2D eigenvalue weighted by Crippen LogP contribution is -2.15. The van der Waals surface area contributed by atoms with E-state index in [9.17, 15) is 0 Å². The largest absolute Gasteiger partial charge is 0.377 e. The molecular weight excluding hydrogens is 216 g/mol. The van der Waals surface area contributed by atoms with Crippen molar-refractivity contribution in [1.29, 1.82) is 0 Å². The number of anilines is 2. The number of ether oxygens (including phenoxy) is 1. The fourth-order valence-electron chi connectivity index (χ4n) is 1.44. The van der Waals surface area contributed by atoms with Gasteiger partial charge in [-0.1, -0.05) is 0 Å². The van der Waals surface area contributed by atoms with Gasteiger partial charge < -0.3 is 15.4 Å². The number of hydrogen-bond acceptors (Lipinski definition) is 5. The second kappa shape index (κ2) is 7.06. The fraction of sp³-hybridized carbons (Fsp3) is 0.667. The van der Waals surface area contributed by atoms with Crippen LogP contribution in [0.1, 0.15) is 26.3 Å². The van der Waals surface area contributed by atoms with Crippen LogP contribution in [0, 0.1) is 6.92 Å². The van der Waals surface area contributed by atoms with Gasteiger partial charge >= 0.3 is 0 Å². The van der Waals surface area contributed by atoms with Crippen LogP contribution in [-0.4, -0.2) is 35.8 Å². The average Bonchev–Trinajstić information content (AvgIpc) is 2.29. The zero-order chi connectivity index (χ0) is 12.7. The molecule has 0 amide bonds. The Morgan fingerprint density at radius 3 is 2.47 bits per heavy atom. The molecule has 1 aromatic rings. The number of nitrogens with one attached hydrogen (secondary N) is 2. The van der Waals surface area contributed by atoms with Crippen LogP contribution in [-0.2, 0) is 4.74 Å².